The summed E-state index contributed by atoms with van der Waals surface area (Å²) in [6.45, 7) is 4.95. The Morgan fingerprint density at radius 2 is 2.25 bits per heavy atom. The molecule has 0 heterocycles. The van der Waals surface area contributed by atoms with Crippen LogP contribution in [-0.2, 0) is 9.47 Å². The second kappa shape index (κ2) is 9.26. The summed E-state index contributed by atoms with van der Waals surface area (Å²) in [5, 5.41) is 3.22. The summed E-state index contributed by atoms with van der Waals surface area (Å²) in [4.78, 5) is 0. The lowest BCUT2D eigenvalue weighted by molar-refractivity contribution is 0.136. The Morgan fingerprint density at radius 3 is 2.75 bits per heavy atom. The molecule has 4 heteroatoms. The zero-order valence-electron chi connectivity index (χ0n) is 7.81. The molecule has 0 saturated carbocycles. The fourth-order valence-corrected chi connectivity index (χ4v) is 1.04. The van der Waals surface area contributed by atoms with Gasteiger partial charge in [0, 0.05) is 32.2 Å². The molecule has 0 aliphatic carbocycles. The zero-order chi connectivity index (χ0) is 9.23. The number of nitrogens with one attached hydrogen (secondary N) is 1. The highest BCUT2D eigenvalue weighted by Crippen LogP contribution is 1.88. The lowest BCUT2D eigenvalue weighted by Gasteiger charge is -2.14. The monoisotopic (exact) mass is 195 g/mol. The first-order chi connectivity index (χ1) is 5.85. The third kappa shape index (κ3) is 6.85. The Bertz CT molecular complexity index is 93.1. The Hall–Kier alpha value is 0.170. The number of halogens is 1. The second-order valence-corrected chi connectivity index (χ2v) is 2.77. The summed E-state index contributed by atoms with van der Waals surface area (Å²) in [6.07, 6.45) is 0. The van der Waals surface area contributed by atoms with Crippen LogP contribution in [-0.4, -0.2) is 45.4 Å². The predicted molar refractivity (Wildman–Crippen MR) is 50.9 cm³/mol. The van der Waals surface area contributed by atoms with Gasteiger partial charge >= 0.3 is 0 Å². The topological polar surface area (TPSA) is 30.5 Å². The molecular weight excluding hydrogens is 178 g/mol. The van der Waals surface area contributed by atoms with Gasteiger partial charge in [-0.25, -0.2) is 0 Å². The maximum Gasteiger partial charge on any atom is 0.0627 e. The van der Waals surface area contributed by atoms with Crippen LogP contribution in [0.5, 0.6) is 0 Å². The molecule has 1 atom stereocenters. The molecule has 0 aliphatic rings. The molecule has 0 aromatic rings. The molecule has 0 aliphatic heterocycles. The number of hydrogen-bond acceptors (Lipinski definition) is 3. The molecule has 0 fully saturated rings. The van der Waals surface area contributed by atoms with Crippen molar-refractivity contribution >= 4 is 11.6 Å². The van der Waals surface area contributed by atoms with E-state index in [0.717, 1.165) is 19.8 Å². The summed E-state index contributed by atoms with van der Waals surface area (Å²) < 4.78 is 10.1. The van der Waals surface area contributed by atoms with E-state index in [-0.39, 0.29) is 6.04 Å². The highest BCUT2D eigenvalue weighted by Gasteiger charge is 2.04. The number of alkyl halides is 1. The number of ether oxygens (including phenoxy) is 2. The van der Waals surface area contributed by atoms with Gasteiger partial charge < -0.3 is 14.8 Å². The van der Waals surface area contributed by atoms with E-state index in [2.05, 4.69) is 5.32 Å². The minimum Gasteiger partial charge on any atom is -0.383 e. The number of hydrogen-bond donors (Lipinski definition) is 1. The third-order valence-corrected chi connectivity index (χ3v) is 1.81. The lowest BCUT2D eigenvalue weighted by Crippen LogP contribution is -2.36. The quantitative estimate of drug-likeness (QED) is 0.461. The number of methoxy groups -OCH3 is 1. The van der Waals surface area contributed by atoms with E-state index in [9.17, 15) is 0 Å². The van der Waals surface area contributed by atoms with Gasteiger partial charge in [0.2, 0.25) is 0 Å². The lowest BCUT2D eigenvalue weighted by atomic mass is 10.3. The van der Waals surface area contributed by atoms with Crippen LogP contribution in [0.15, 0.2) is 0 Å². The molecule has 74 valence electrons. The Balaban J connectivity index is 3.19. The van der Waals surface area contributed by atoms with E-state index in [4.69, 9.17) is 21.1 Å². The molecular formula is C8H18ClNO2. The van der Waals surface area contributed by atoms with Gasteiger partial charge in [-0.15, -0.1) is 11.6 Å². The van der Waals surface area contributed by atoms with Crippen molar-refractivity contribution in [2.24, 2.45) is 0 Å². The van der Waals surface area contributed by atoms with Crippen LogP contribution in [0.2, 0.25) is 0 Å². The average Bonchev–Trinajstić information content (AvgIpc) is 2.10. The normalized spacial score (nSPS) is 13.2. The van der Waals surface area contributed by atoms with Crippen LogP contribution in [0, 0.1) is 0 Å². The maximum atomic E-state index is 5.68. The van der Waals surface area contributed by atoms with E-state index < -0.39 is 0 Å². The van der Waals surface area contributed by atoms with Gasteiger partial charge in [-0.2, -0.15) is 0 Å². The van der Waals surface area contributed by atoms with Crippen molar-refractivity contribution in [3.8, 4) is 0 Å². The van der Waals surface area contributed by atoms with Crippen molar-refractivity contribution in [2.75, 3.05) is 39.4 Å². The first kappa shape index (κ1) is 12.2. The van der Waals surface area contributed by atoms with E-state index in [1.807, 2.05) is 6.92 Å². The molecule has 0 saturated heterocycles. The molecule has 12 heavy (non-hydrogen) atoms. The summed E-state index contributed by atoms with van der Waals surface area (Å²) in [5.41, 5.74) is 0. The first-order valence-electron chi connectivity index (χ1n) is 4.21. The van der Waals surface area contributed by atoms with E-state index in [1.165, 1.54) is 0 Å². The van der Waals surface area contributed by atoms with Crippen LogP contribution in [0.1, 0.15) is 6.92 Å². The van der Waals surface area contributed by atoms with Gasteiger partial charge in [0.25, 0.3) is 0 Å². The van der Waals surface area contributed by atoms with Crippen LogP contribution in [0.3, 0.4) is 0 Å². The second-order valence-electron chi connectivity index (χ2n) is 2.46. The van der Waals surface area contributed by atoms with Gasteiger partial charge in [-0.3, -0.25) is 0 Å². The smallest absolute Gasteiger partial charge is 0.0627 e. The first-order valence-corrected chi connectivity index (χ1v) is 4.74. The van der Waals surface area contributed by atoms with Crippen molar-refractivity contribution in [3.05, 3.63) is 0 Å². The van der Waals surface area contributed by atoms with E-state index >= 15 is 0 Å². The summed E-state index contributed by atoms with van der Waals surface area (Å²) >= 11 is 5.68. The van der Waals surface area contributed by atoms with Crippen molar-refractivity contribution in [3.63, 3.8) is 0 Å². The fraction of sp³-hybridized carbons (Fsp3) is 1.00. The van der Waals surface area contributed by atoms with Gasteiger partial charge in [-0.1, -0.05) is 0 Å². The van der Waals surface area contributed by atoms with Crippen molar-refractivity contribution in [1.82, 2.24) is 5.32 Å². The van der Waals surface area contributed by atoms with Crippen molar-refractivity contribution in [1.29, 1.82) is 0 Å². The SMILES string of the molecule is CCOCCNC(CCl)COC. The molecule has 0 spiro atoms. The summed E-state index contributed by atoms with van der Waals surface area (Å²) in [6, 6.07) is 0.233. The van der Waals surface area contributed by atoms with E-state index in [1.54, 1.807) is 7.11 Å². The van der Waals surface area contributed by atoms with Crippen LogP contribution in [0.4, 0.5) is 0 Å². The molecule has 0 rings (SSSR count). The summed E-state index contributed by atoms with van der Waals surface area (Å²) in [7, 11) is 1.67. The van der Waals surface area contributed by atoms with Crippen LogP contribution < -0.4 is 5.32 Å². The van der Waals surface area contributed by atoms with Crippen molar-refractivity contribution in [2.45, 2.75) is 13.0 Å². The maximum absolute atomic E-state index is 5.68. The summed E-state index contributed by atoms with van der Waals surface area (Å²) in [5.74, 6) is 0.569. The largest absolute Gasteiger partial charge is 0.383 e. The minimum absolute atomic E-state index is 0.233. The molecule has 0 bridgehead atoms. The van der Waals surface area contributed by atoms with Crippen LogP contribution >= 0.6 is 11.6 Å². The van der Waals surface area contributed by atoms with Gasteiger partial charge in [-0.05, 0) is 6.92 Å². The van der Waals surface area contributed by atoms with Crippen molar-refractivity contribution < 1.29 is 9.47 Å². The molecule has 0 amide bonds. The molecule has 1 N–H and O–H groups in total. The van der Waals surface area contributed by atoms with Gasteiger partial charge in [0.1, 0.15) is 0 Å². The Labute approximate surface area is 79.4 Å². The predicted octanol–water partition coefficient (Wildman–Crippen LogP) is 0.866. The highest BCUT2D eigenvalue weighted by atomic mass is 35.5. The molecule has 0 aromatic carbocycles. The van der Waals surface area contributed by atoms with E-state index in [0.29, 0.717) is 12.5 Å². The minimum atomic E-state index is 0.233. The highest BCUT2D eigenvalue weighted by molar-refractivity contribution is 6.18. The average molecular weight is 196 g/mol. The van der Waals surface area contributed by atoms with Gasteiger partial charge in [0.15, 0.2) is 0 Å². The zero-order valence-corrected chi connectivity index (χ0v) is 8.56. The fourth-order valence-electron chi connectivity index (χ4n) is 0.839. The Kier molecular flexibility index (Phi) is 9.39. The molecule has 1 unspecified atom stereocenters. The molecule has 0 aromatic heterocycles. The van der Waals surface area contributed by atoms with Gasteiger partial charge in [0.05, 0.1) is 13.2 Å². The standard InChI is InChI=1S/C8H18ClNO2/c1-3-12-5-4-10-8(6-9)7-11-2/h8,10H,3-7H2,1-2H3. The Morgan fingerprint density at radius 1 is 1.50 bits per heavy atom. The molecule has 3 nitrogen and oxygen atoms in total. The third-order valence-electron chi connectivity index (χ3n) is 1.44. The van der Waals surface area contributed by atoms with Crippen LogP contribution in [0.25, 0.3) is 0 Å². The number of rotatable bonds is 8. The molecule has 0 radical (unpaired) electrons.